The number of rotatable bonds is 0. The lowest BCUT2D eigenvalue weighted by Gasteiger charge is -2.57. The Kier molecular flexibility index (Phi) is 3.18. The average Bonchev–Trinajstić information content (AvgIpc) is 2.74. The van der Waals surface area contributed by atoms with E-state index in [-0.39, 0.29) is 28.8 Å². The van der Waals surface area contributed by atoms with Crippen LogP contribution in [0.15, 0.2) is 35.5 Å². The van der Waals surface area contributed by atoms with Gasteiger partial charge in [-0.15, -0.1) is 0 Å². The lowest BCUT2D eigenvalue weighted by molar-refractivity contribution is -0.133. The van der Waals surface area contributed by atoms with Gasteiger partial charge in [-0.05, 0) is 62.5 Å². The van der Waals surface area contributed by atoms with Crippen molar-refractivity contribution in [1.29, 1.82) is 0 Å². The van der Waals surface area contributed by atoms with Crippen LogP contribution in [0, 0.1) is 28.6 Å². The van der Waals surface area contributed by atoms with Crippen molar-refractivity contribution in [3.63, 3.8) is 0 Å². The third-order valence-electron chi connectivity index (χ3n) is 7.76. The number of Topliss-reactive ketones (excluding diaryl/α,β-unsaturated/α-hetero) is 1. The number of hydrogen-bond acceptors (Lipinski definition) is 2. The van der Waals surface area contributed by atoms with Crippen LogP contribution in [0.5, 0.6) is 0 Å². The molecule has 24 heavy (non-hydrogen) atoms. The smallest absolute Gasteiger partial charge is 0.178 e. The summed E-state index contributed by atoms with van der Waals surface area (Å²) < 4.78 is 14.3. The third kappa shape index (κ3) is 1.76. The Hall–Kier alpha value is -1.51. The zero-order chi connectivity index (χ0) is 17.4. The van der Waals surface area contributed by atoms with Gasteiger partial charge in [0.2, 0.25) is 0 Å². The first-order chi connectivity index (χ1) is 11.2. The van der Waals surface area contributed by atoms with E-state index in [4.69, 9.17) is 0 Å². The van der Waals surface area contributed by atoms with Gasteiger partial charge in [-0.3, -0.25) is 9.59 Å². The van der Waals surface area contributed by atoms with E-state index in [1.807, 2.05) is 13.8 Å². The van der Waals surface area contributed by atoms with E-state index in [1.165, 1.54) is 0 Å². The van der Waals surface area contributed by atoms with Gasteiger partial charge in [-0.25, -0.2) is 4.39 Å². The molecule has 128 valence electrons. The van der Waals surface area contributed by atoms with Crippen LogP contribution < -0.4 is 0 Å². The van der Waals surface area contributed by atoms with Gasteiger partial charge in [0.1, 0.15) is 0 Å². The first-order valence-corrected chi connectivity index (χ1v) is 8.99. The fraction of sp³-hybridized carbons (Fsp3) is 0.619. The van der Waals surface area contributed by atoms with Crippen molar-refractivity contribution in [2.45, 2.75) is 52.6 Å². The second-order valence-electron chi connectivity index (χ2n) is 8.70. The number of hydrogen-bond donors (Lipinski definition) is 0. The van der Waals surface area contributed by atoms with E-state index in [9.17, 15) is 14.0 Å². The van der Waals surface area contributed by atoms with Crippen molar-refractivity contribution in [3.05, 3.63) is 35.5 Å². The van der Waals surface area contributed by atoms with E-state index in [2.05, 4.69) is 13.5 Å². The minimum atomic E-state index is -1.32. The molecule has 6 atom stereocenters. The molecule has 0 unspecified atom stereocenters. The monoisotopic (exact) mass is 328 g/mol. The molecular weight excluding hydrogens is 303 g/mol. The van der Waals surface area contributed by atoms with Crippen molar-refractivity contribution in [3.8, 4) is 0 Å². The van der Waals surface area contributed by atoms with E-state index in [0.29, 0.717) is 18.8 Å². The molecule has 4 aliphatic rings. The van der Waals surface area contributed by atoms with Crippen LogP contribution in [0.4, 0.5) is 4.39 Å². The van der Waals surface area contributed by atoms with E-state index in [0.717, 1.165) is 29.6 Å². The number of carbonyl (C=O) groups is 2. The van der Waals surface area contributed by atoms with Crippen LogP contribution in [0.25, 0.3) is 0 Å². The summed E-state index contributed by atoms with van der Waals surface area (Å²) in [5, 5.41) is 0. The Morgan fingerprint density at radius 3 is 2.62 bits per heavy atom. The number of alkyl halides is 1. The van der Waals surface area contributed by atoms with Crippen molar-refractivity contribution in [2.75, 3.05) is 0 Å². The van der Waals surface area contributed by atoms with Gasteiger partial charge < -0.3 is 0 Å². The standard InChI is InChI=1S/C21H25FO2/c1-11-7-13-9-14(23)8-12(2)21(13,4)15-5-6-20(3)16(18(11)15)10-17(22)19(20)24/h8-9,15-18H,1,5-7,10H2,2-4H3/t15-,16-,17+,18+,20-,21-/m0/s1. The zero-order valence-electron chi connectivity index (χ0n) is 14.7. The summed E-state index contributed by atoms with van der Waals surface area (Å²) in [5.74, 6) is 0.399. The molecule has 0 aromatic carbocycles. The minimum Gasteiger partial charge on any atom is -0.296 e. The lowest BCUT2D eigenvalue weighted by Crippen LogP contribution is -2.51. The molecule has 4 aliphatic carbocycles. The first-order valence-electron chi connectivity index (χ1n) is 8.99. The topological polar surface area (TPSA) is 34.1 Å². The van der Waals surface area contributed by atoms with Crippen molar-refractivity contribution in [2.24, 2.45) is 28.6 Å². The molecule has 3 saturated carbocycles. The van der Waals surface area contributed by atoms with Crippen LogP contribution >= 0.6 is 0 Å². The van der Waals surface area contributed by atoms with Gasteiger partial charge in [-0.1, -0.05) is 37.1 Å². The van der Waals surface area contributed by atoms with Gasteiger partial charge in [0, 0.05) is 10.8 Å². The Labute approximate surface area is 142 Å². The number of carbonyl (C=O) groups excluding carboxylic acids is 2. The predicted molar refractivity (Wildman–Crippen MR) is 91.0 cm³/mol. The highest BCUT2D eigenvalue weighted by molar-refractivity contribution is 6.02. The van der Waals surface area contributed by atoms with E-state index < -0.39 is 11.6 Å². The minimum absolute atomic E-state index is 0.0510. The molecule has 0 aliphatic heterocycles. The second-order valence-corrected chi connectivity index (χ2v) is 8.70. The summed E-state index contributed by atoms with van der Waals surface area (Å²) in [4.78, 5) is 24.4. The summed E-state index contributed by atoms with van der Waals surface area (Å²) in [6.07, 6.45) is 4.89. The fourth-order valence-electron chi connectivity index (χ4n) is 6.22. The van der Waals surface area contributed by atoms with Crippen molar-refractivity contribution in [1.82, 2.24) is 0 Å². The van der Waals surface area contributed by atoms with Crippen LogP contribution in [0.3, 0.4) is 0 Å². The molecule has 0 aromatic heterocycles. The molecule has 0 radical (unpaired) electrons. The molecule has 0 bridgehead atoms. The first kappa shape index (κ1) is 16.0. The maximum Gasteiger partial charge on any atom is 0.178 e. The number of ketones is 2. The van der Waals surface area contributed by atoms with Crippen molar-refractivity contribution < 1.29 is 14.0 Å². The summed E-state index contributed by atoms with van der Waals surface area (Å²) in [5.41, 5.74) is 2.66. The van der Waals surface area contributed by atoms with E-state index in [1.54, 1.807) is 12.2 Å². The summed E-state index contributed by atoms with van der Waals surface area (Å²) in [7, 11) is 0. The molecule has 0 N–H and O–H groups in total. The Morgan fingerprint density at radius 2 is 1.92 bits per heavy atom. The molecular formula is C21H25FO2. The van der Waals surface area contributed by atoms with Crippen LogP contribution in [0.1, 0.15) is 46.5 Å². The van der Waals surface area contributed by atoms with Crippen LogP contribution in [-0.4, -0.2) is 17.7 Å². The summed E-state index contributed by atoms with van der Waals surface area (Å²) >= 11 is 0. The largest absolute Gasteiger partial charge is 0.296 e. The predicted octanol–water partition coefficient (Wildman–Crippen LogP) is 4.37. The number of allylic oxidation sites excluding steroid dienone is 5. The molecule has 4 rings (SSSR count). The molecule has 0 saturated heterocycles. The van der Waals surface area contributed by atoms with Crippen molar-refractivity contribution >= 4 is 11.6 Å². The maximum atomic E-state index is 14.3. The van der Waals surface area contributed by atoms with Gasteiger partial charge >= 0.3 is 0 Å². The van der Waals surface area contributed by atoms with Gasteiger partial charge in [0.05, 0.1) is 0 Å². The van der Waals surface area contributed by atoms with Crippen LogP contribution in [-0.2, 0) is 9.59 Å². The molecule has 0 aromatic rings. The highest BCUT2D eigenvalue weighted by Gasteiger charge is 2.62. The second kappa shape index (κ2) is 4.77. The maximum absolute atomic E-state index is 14.3. The van der Waals surface area contributed by atoms with Gasteiger partial charge in [0.15, 0.2) is 17.7 Å². The summed E-state index contributed by atoms with van der Waals surface area (Å²) in [6, 6.07) is 0. The van der Waals surface area contributed by atoms with Crippen LogP contribution in [0.2, 0.25) is 0 Å². The number of fused-ring (bicyclic) bond motifs is 5. The zero-order valence-corrected chi connectivity index (χ0v) is 14.7. The average molecular weight is 328 g/mol. The van der Waals surface area contributed by atoms with E-state index >= 15 is 0 Å². The highest BCUT2D eigenvalue weighted by Crippen LogP contribution is 2.66. The Bertz CT molecular complexity index is 730. The normalized spacial score (nSPS) is 47.6. The molecule has 3 fully saturated rings. The molecule has 2 nitrogen and oxygen atoms in total. The third-order valence-corrected chi connectivity index (χ3v) is 7.76. The van der Waals surface area contributed by atoms with Gasteiger partial charge in [0.25, 0.3) is 0 Å². The highest BCUT2D eigenvalue weighted by atomic mass is 19.1. The molecule has 0 spiro atoms. The number of halogens is 1. The SMILES string of the molecule is C=C1CC2=CC(=O)C=C(C)[C@]2(C)[C@H]2CC[C@]3(C)C(=O)[C@H](F)C[C@H]3[C@H]12. The molecule has 0 amide bonds. The Balaban J connectivity index is 1.81. The lowest BCUT2D eigenvalue weighted by atomic mass is 9.46. The van der Waals surface area contributed by atoms with Gasteiger partial charge in [-0.2, -0.15) is 0 Å². The molecule has 3 heteroatoms. The quantitative estimate of drug-likeness (QED) is 0.619. The Morgan fingerprint density at radius 1 is 1.21 bits per heavy atom. The summed E-state index contributed by atoms with van der Waals surface area (Å²) in [6.45, 7) is 10.5. The molecule has 0 heterocycles. The fourth-order valence-corrected chi connectivity index (χ4v) is 6.22.